The number of fused-ring (bicyclic) bond motifs is 1. The zero-order valence-corrected chi connectivity index (χ0v) is 19.2. The minimum atomic E-state index is -1.61. The molecule has 2 fully saturated rings. The van der Waals surface area contributed by atoms with Crippen LogP contribution in [-0.2, 0) is 28.8 Å². The van der Waals surface area contributed by atoms with Gasteiger partial charge in [-0.05, 0) is 54.5 Å². The van der Waals surface area contributed by atoms with E-state index < -0.39 is 27.8 Å². The average molecular weight is 424 g/mol. The van der Waals surface area contributed by atoms with Crippen molar-refractivity contribution in [2.24, 2.45) is 10.8 Å². The third-order valence-electron chi connectivity index (χ3n) is 6.41. The number of carbonyl (C=O) groups is 3. The number of nitrogens with zero attached hydrogens (tertiary/aromatic N) is 1. The largest absolute Gasteiger partial charge is 0.444 e. The second-order valence-corrected chi connectivity index (χ2v) is 10.5. The van der Waals surface area contributed by atoms with E-state index in [9.17, 15) is 14.4 Å². The van der Waals surface area contributed by atoms with Crippen molar-refractivity contribution in [1.82, 2.24) is 4.90 Å². The zero-order valence-electron chi connectivity index (χ0n) is 19.2. The summed E-state index contributed by atoms with van der Waals surface area (Å²) in [6.45, 7) is 12.9. The van der Waals surface area contributed by atoms with Crippen LogP contribution in [0.25, 0.3) is 0 Å². The van der Waals surface area contributed by atoms with Crippen LogP contribution >= 0.6 is 0 Å². The molecule has 1 amide bonds. The van der Waals surface area contributed by atoms with Crippen LogP contribution in [0.15, 0.2) is 11.6 Å². The fourth-order valence-electron chi connectivity index (χ4n) is 4.62. The normalized spacial score (nSPS) is 30.0. The molecule has 1 unspecified atom stereocenters. The predicted molar refractivity (Wildman–Crippen MR) is 107 cm³/mol. The first-order valence-corrected chi connectivity index (χ1v) is 10.3. The highest BCUT2D eigenvalue weighted by atomic mass is 17.2. The van der Waals surface area contributed by atoms with Gasteiger partial charge in [0.2, 0.25) is 5.79 Å². The smallest absolute Gasteiger partial charge is 0.410 e. The van der Waals surface area contributed by atoms with Gasteiger partial charge >= 0.3 is 6.09 Å². The Morgan fingerprint density at radius 1 is 1.07 bits per heavy atom. The third kappa shape index (κ3) is 3.29. The Labute approximate surface area is 177 Å². The monoisotopic (exact) mass is 423 g/mol. The maximum absolute atomic E-state index is 13.3. The van der Waals surface area contributed by atoms with Crippen molar-refractivity contribution < 1.29 is 33.6 Å². The maximum Gasteiger partial charge on any atom is 0.410 e. The molecule has 1 aliphatic carbocycles. The number of piperidine rings is 1. The molecular weight excluding hydrogens is 390 g/mol. The summed E-state index contributed by atoms with van der Waals surface area (Å²) in [6.07, 6.45) is 2.23. The minimum Gasteiger partial charge on any atom is -0.444 e. The van der Waals surface area contributed by atoms with E-state index in [1.165, 1.54) is 7.11 Å². The first-order valence-electron chi connectivity index (χ1n) is 10.3. The van der Waals surface area contributed by atoms with E-state index in [4.69, 9.17) is 19.2 Å². The Morgan fingerprint density at radius 2 is 1.63 bits per heavy atom. The molecule has 1 saturated carbocycles. The summed E-state index contributed by atoms with van der Waals surface area (Å²) >= 11 is 0. The highest BCUT2D eigenvalue weighted by molar-refractivity contribution is 6.19. The first kappa shape index (κ1) is 22.9. The van der Waals surface area contributed by atoms with Gasteiger partial charge in [0.25, 0.3) is 0 Å². The molecule has 168 valence electrons. The Morgan fingerprint density at radius 3 is 2.13 bits per heavy atom. The second kappa shape index (κ2) is 6.87. The molecule has 0 bridgehead atoms. The summed E-state index contributed by atoms with van der Waals surface area (Å²) in [6, 6.07) is 0. The van der Waals surface area contributed by atoms with Gasteiger partial charge in [-0.25, -0.2) is 9.68 Å². The summed E-state index contributed by atoms with van der Waals surface area (Å²) < 4.78 is 11.1. The molecule has 1 saturated heterocycles. The van der Waals surface area contributed by atoms with Crippen molar-refractivity contribution in [2.75, 3.05) is 20.2 Å². The number of ketones is 2. The van der Waals surface area contributed by atoms with Crippen molar-refractivity contribution in [1.29, 1.82) is 0 Å². The Bertz CT molecular complexity index is 797. The van der Waals surface area contributed by atoms with Gasteiger partial charge < -0.3 is 14.4 Å². The standard InChI is InChI=1S/C22H33NO7/c1-18(2,3)28-17(26)23-11-9-21(10-12-23)13-14-15(24)19(4,5)16(25)20(6,7)22(14,27-8)30-29-21/h13H,9-12H2,1-8H3. The Hall–Kier alpha value is -1.77. The summed E-state index contributed by atoms with van der Waals surface area (Å²) in [4.78, 5) is 52.0. The van der Waals surface area contributed by atoms with Gasteiger partial charge in [-0.15, -0.1) is 0 Å². The van der Waals surface area contributed by atoms with Gasteiger partial charge in [0.15, 0.2) is 11.6 Å². The summed E-state index contributed by atoms with van der Waals surface area (Å²) in [5, 5.41) is 0. The average Bonchev–Trinajstić information content (AvgIpc) is 2.65. The molecule has 8 nitrogen and oxygen atoms in total. The molecule has 0 aromatic rings. The van der Waals surface area contributed by atoms with Crippen molar-refractivity contribution >= 4 is 17.7 Å². The van der Waals surface area contributed by atoms with E-state index in [1.54, 1.807) is 38.7 Å². The quantitative estimate of drug-likeness (QED) is 0.472. The van der Waals surface area contributed by atoms with Crippen LogP contribution in [-0.4, -0.2) is 59.7 Å². The van der Waals surface area contributed by atoms with Crippen LogP contribution in [0.3, 0.4) is 0 Å². The molecule has 0 aromatic heterocycles. The summed E-state index contributed by atoms with van der Waals surface area (Å²) in [5.74, 6) is -2.20. The van der Waals surface area contributed by atoms with E-state index in [1.807, 2.05) is 20.8 Å². The van der Waals surface area contributed by atoms with Crippen molar-refractivity contribution in [3.05, 3.63) is 11.6 Å². The number of hydrogen-bond acceptors (Lipinski definition) is 7. The number of Topliss-reactive ketones (excluding diaryl/α,β-unsaturated/α-hetero) is 2. The van der Waals surface area contributed by atoms with E-state index in [0.29, 0.717) is 31.5 Å². The fraction of sp³-hybridized carbons (Fsp3) is 0.773. The third-order valence-corrected chi connectivity index (χ3v) is 6.41. The number of hydrogen-bond donors (Lipinski definition) is 0. The minimum absolute atomic E-state index is 0.265. The number of amides is 1. The highest BCUT2D eigenvalue weighted by Crippen LogP contribution is 2.55. The number of ether oxygens (including phenoxy) is 2. The van der Waals surface area contributed by atoms with Crippen LogP contribution in [0.4, 0.5) is 4.79 Å². The lowest BCUT2D eigenvalue weighted by atomic mass is 9.57. The lowest BCUT2D eigenvalue weighted by Gasteiger charge is -2.55. The van der Waals surface area contributed by atoms with E-state index in [-0.39, 0.29) is 17.7 Å². The van der Waals surface area contributed by atoms with Gasteiger partial charge in [-0.2, -0.15) is 4.89 Å². The molecule has 1 spiro atoms. The summed E-state index contributed by atoms with van der Waals surface area (Å²) in [7, 11) is 1.40. The van der Waals surface area contributed by atoms with Crippen LogP contribution in [0.5, 0.6) is 0 Å². The summed E-state index contributed by atoms with van der Waals surface area (Å²) in [5.41, 5.74) is -3.48. The van der Waals surface area contributed by atoms with E-state index in [2.05, 4.69) is 0 Å². The lowest BCUT2D eigenvalue weighted by molar-refractivity contribution is -0.473. The lowest BCUT2D eigenvalue weighted by Crippen LogP contribution is -2.68. The molecule has 30 heavy (non-hydrogen) atoms. The zero-order chi connectivity index (χ0) is 22.8. The van der Waals surface area contributed by atoms with E-state index in [0.717, 1.165) is 0 Å². The molecule has 0 radical (unpaired) electrons. The van der Waals surface area contributed by atoms with Gasteiger partial charge in [0, 0.05) is 33.0 Å². The predicted octanol–water partition coefficient (Wildman–Crippen LogP) is 3.19. The molecule has 3 rings (SSSR count). The van der Waals surface area contributed by atoms with E-state index >= 15 is 0 Å². The maximum atomic E-state index is 13.3. The molecule has 0 aromatic carbocycles. The molecule has 1 atom stereocenters. The van der Waals surface area contributed by atoms with Crippen LogP contribution in [0.2, 0.25) is 0 Å². The first-order chi connectivity index (χ1) is 13.6. The van der Waals surface area contributed by atoms with Gasteiger partial charge in [-0.1, -0.05) is 0 Å². The molecule has 8 heteroatoms. The molecule has 0 N–H and O–H groups in total. The van der Waals surface area contributed by atoms with Crippen LogP contribution in [0, 0.1) is 10.8 Å². The second-order valence-electron chi connectivity index (χ2n) is 10.5. The fourth-order valence-corrected chi connectivity index (χ4v) is 4.62. The van der Waals surface area contributed by atoms with Gasteiger partial charge in [0.1, 0.15) is 11.2 Å². The number of carbonyl (C=O) groups excluding carboxylic acids is 3. The SMILES string of the molecule is COC12OOC3(C=C1C(=O)C(C)(C)C(=O)C2(C)C)CCN(C(=O)OC(C)(C)C)CC3. The van der Waals surface area contributed by atoms with Gasteiger partial charge in [-0.3, -0.25) is 9.59 Å². The Balaban J connectivity index is 1.91. The van der Waals surface area contributed by atoms with Gasteiger partial charge in [0.05, 0.1) is 16.4 Å². The number of likely N-dealkylation sites (tertiary alicyclic amines) is 1. The Kier molecular flexibility index (Phi) is 5.24. The topological polar surface area (TPSA) is 91.4 Å². The van der Waals surface area contributed by atoms with Crippen LogP contribution < -0.4 is 0 Å². The van der Waals surface area contributed by atoms with Crippen molar-refractivity contribution in [3.63, 3.8) is 0 Å². The van der Waals surface area contributed by atoms with Crippen molar-refractivity contribution in [2.45, 2.75) is 78.3 Å². The number of rotatable bonds is 1. The van der Waals surface area contributed by atoms with Crippen LogP contribution in [0.1, 0.15) is 61.3 Å². The molecule has 2 aliphatic heterocycles. The number of methoxy groups -OCH3 is 1. The van der Waals surface area contributed by atoms with Crippen molar-refractivity contribution in [3.8, 4) is 0 Å². The molecule has 3 aliphatic rings. The molecular formula is C22H33NO7. The molecule has 2 heterocycles. The highest BCUT2D eigenvalue weighted by Gasteiger charge is 2.69.